The number of hydrogen-bond donors (Lipinski definition) is 0. The van der Waals surface area contributed by atoms with Gasteiger partial charge in [0.1, 0.15) is 5.57 Å². The molecule has 0 saturated carbocycles. The Morgan fingerprint density at radius 3 is 2.58 bits per heavy atom. The van der Waals surface area contributed by atoms with E-state index in [0.717, 1.165) is 11.3 Å². The van der Waals surface area contributed by atoms with E-state index in [9.17, 15) is 4.79 Å². The Balaban J connectivity index is 2.98. The highest BCUT2D eigenvalue weighted by atomic mass is 16.5. The van der Waals surface area contributed by atoms with Gasteiger partial charge in [-0.25, -0.2) is 9.79 Å². The minimum atomic E-state index is -0.361. The van der Waals surface area contributed by atoms with Crippen LogP contribution in [0.4, 0.5) is 5.69 Å². The van der Waals surface area contributed by atoms with Gasteiger partial charge in [0, 0.05) is 6.42 Å². The van der Waals surface area contributed by atoms with E-state index in [1.54, 1.807) is 6.92 Å². The molecule has 0 amide bonds. The third-order valence-electron chi connectivity index (χ3n) is 2.31. The quantitative estimate of drug-likeness (QED) is 0.348. The summed E-state index contributed by atoms with van der Waals surface area (Å²) in [7, 11) is 0. The first-order valence-corrected chi connectivity index (χ1v) is 6.31. The summed E-state index contributed by atoms with van der Waals surface area (Å²) in [5, 5.41) is 0. The second-order valence-corrected chi connectivity index (χ2v) is 4.24. The van der Waals surface area contributed by atoms with Crippen LogP contribution in [0.1, 0.15) is 27.2 Å². The number of ether oxygens (including phenoxy) is 1. The SMILES string of the molecule is CCOC(=O)C(=C=Nc1ccccc1)CC=C(C)C. The smallest absolute Gasteiger partial charge is 0.343 e. The highest BCUT2D eigenvalue weighted by molar-refractivity contribution is 5.98. The third kappa shape index (κ3) is 5.84. The Bertz CT molecular complexity index is 505. The molecule has 0 saturated heterocycles. The van der Waals surface area contributed by atoms with E-state index in [0.29, 0.717) is 18.6 Å². The fourth-order valence-electron chi connectivity index (χ4n) is 1.33. The summed E-state index contributed by atoms with van der Waals surface area (Å²) in [6.07, 6.45) is 2.44. The fraction of sp³-hybridized carbons (Fsp3) is 0.312. The van der Waals surface area contributed by atoms with Crippen LogP contribution < -0.4 is 0 Å². The van der Waals surface area contributed by atoms with Crippen LogP contribution in [0.2, 0.25) is 0 Å². The maximum atomic E-state index is 11.8. The molecule has 0 fully saturated rings. The summed E-state index contributed by atoms with van der Waals surface area (Å²) in [6.45, 7) is 6.10. The van der Waals surface area contributed by atoms with Gasteiger partial charge in [-0.1, -0.05) is 29.8 Å². The maximum Gasteiger partial charge on any atom is 0.343 e. The Hall–Kier alpha value is -2.12. The van der Waals surface area contributed by atoms with Crippen molar-refractivity contribution in [2.24, 2.45) is 4.99 Å². The van der Waals surface area contributed by atoms with Crippen molar-refractivity contribution < 1.29 is 9.53 Å². The van der Waals surface area contributed by atoms with Crippen LogP contribution in [-0.2, 0) is 9.53 Å². The van der Waals surface area contributed by atoms with Crippen LogP contribution in [0.25, 0.3) is 0 Å². The molecule has 19 heavy (non-hydrogen) atoms. The molecule has 3 heteroatoms. The topological polar surface area (TPSA) is 38.7 Å². The van der Waals surface area contributed by atoms with Gasteiger partial charge in [0.25, 0.3) is 0 Å². The fourth-order valence-corrected chi connectivity index (χ4v) is 1.33. The van der Waals surface area contributed by atoms with E-state index < -0.39 is 0 Å². The van der Waals surface area contributed by atoms with E-state index in [-0.39, 0.29) is 5.97 Å². The van der Waals surface area contributed by atoms with E-state index >= 15 is 0 Å². The molecule has 1 rings (SSSR count). The van der Waals surface area contributed by atoms with Crippen molar-refractivity contribution in [2.75, 3.05) is 6.61 Å². The number of allylic oxidation sites excluding steroid dienone is 2. The van der Waals surface area contributed by atoms with E-state index in [4.69, 9.17) is 4.74 Å². The molecular weight excluding hydrogens is 238 g/mol. The predicted octanol–water partition coefficient (Wildman–Crippen LogP) is 3.83. The molecule has 0 aliphatic carbocycles. The number of carbonyl (C=O) groups is 1. The lowest BCUT2D eigenvalue weighted by Gasteiger charge is -2.01. The first kappa shape index (κ1) is 14.9. The molecule has 0 N–H and O–H groups in total. The Morgan fingerprint density at radius 1 is 1.32 bits per heavy atom. The molecule has 0 spiro atoms. The molecule has 0 unspecified atom stereocenters. The first-order valence-electron chi connectivity index (χ1n) is 6.31. The molecule has 0 aliphatic rings. The van der Waals surface area contributed by atoms with Crippen LogP contribution >= 0.6 is 0 Å². The van der Waals surface area contributed by atoms with Crippen molar-refractivity contribution in [3.05, 3.63) is 47.6 Å². The van der Waals surface area contributed by atoms with Crippen molar-refractivity contribution in [3.8, 4) is 0 Å². The minimum absolute atomic E-state index is 0.351. The molecule has 1 aromatic rings. The average Bonchev–Trinajstić information content (AvgIpc) is 2.40. The summed E-state index contributed by atoms with van der Waals surface area (Å²) in [4.78, 5) is 15.9. The van der Waals surface area contributed by atoms with Crippen molar-refractivity contribution in [2.45, 2.75) is 27.2 Å². The molecule has 0 radical (unpaired) electrons. The molecule has 1 aromatic carbocycles. The van der Waals surface area contributed by atoms with Gasteiger partial charge in [0.15, 0.2) is 0 Å². The second kappa shape index (κ2) is 8.06. The standard InChI is InChI=1S/C16H19NO2/c1-4-19-16(18)14(11-10-13(2)3)12-17-15-8-6-5-7-9-15/h5-10H,4,11H2,1-3H3. The number of carbonyl (C=O) groups excluding carboxylic acids is 1. The zero-order chi connectivity index (χ0) is 14.1. The monoisotopic (exact) mass is 257 g/mol. The van der Waals surface area contributed by atoms with Crippen LogP contribution in [-0.4, -0.2) is 18.4 Å². The maximum absolute atomic E-state index is 11.8. The predicted molar refractivity (Wildman–Crippen MR) is 77.7 cm³/mol. The number of para-hydroxylation sites is 1. The first-order chi connectivity index (χ1) is 9.13. The second-order valence-electron chi connectivity index (χ2n) is 4.24. The van der Waals surface area contributed by atoms with E-state index in [1.165, 1.54) is 0 Å². The highest BCUT2D eigenvalue weighted by Crippen LogP contribution is 2.10. The summed E-state index contributed by atoms with van der Waals surface area (Å²) < 4.78 is 5.00. The van der Waals surface area contributed by atoms with Gasteiger partial charge in [-0.05, 0) is 38.8 Å². The third-order valence-corrected chi connectivity index (χ3v) is 2.31. The van der Waals surface area contributed by atoms with Gasteiger partial charge in [-0.3, -0.25) is 0 Å². The van der Waals surface area contributed by atoms with Crippen LogP contribution in [0.5, 0.6) is 0 Å². The van der Waals surface area contributed by atoms with Crippen molar-refractivity contribution in [1.82, 2.24) is 0 Å². The van der Waals surface area contributed by atoms with Crippen molar-refractivity contribution >= 4 is 17.5 Å². The number of nitrogens with zero attached hydrogens (tertiary/aromatic N) is 1. The highest BCUT2D eigenvalue weighted by Gasteiger charge is 2.08. The number of aliphatic imine (C=N–C) groups is 1. The summed E-state index contributed by atoms with van der Waals surface area (Å²) >= 11 is 0. The molecule has 0 aliphatic heterocycles. The summed E-state index contributed by atoms with van der Waals surface area (Å²) in [6, 6.07) is 9.41. The van der Waals surface area contributed by atoms with Gasteiger partial charge >= 0.3 is 5.97 Å². The van der Waals surface area contributed by atoms with Gasteiger partial charge in [0.05, 0.1) is 12.3 Å². The van der Waals surface area contributed by atoms with Gasteiger partial charge in [-0.2, -0.15) is 0 Å². The number of esters is 1. The number of hydrogen-bond acceptors (Lipinski definition) is 3. The number of rotatable bonds is 5. The Morgan fingerprint density at radius 2 is 2.00 bits per heavy atom. The largest absolute Gasteiger partial charge is 0.462 e. The van der Waals surface area contributed by atoms with Gasteiger partial charge in [0.2, 0.25) is 0 Å². The zero-order valence-corrected chi connectivity index (χ0v) is 11.6. The number of benzene rings is 1. The lowest BCUT2D eigenvalue weighted by atomic mass is 10.1. The normalized spacial score (nSPS) is 9.21. The van der Waals surface area contributed by atoms with Crippen molar-refractivity contribution in [3.63, 3.8) is 0 Å². The zero-order valence-electron chi connectivity index (χ0n) is 11.6. The molecule has 0 aromatic heterocycles. The molecule has 3 nitrogen and oxygen atoms in total. The average molecular weight is 257 g/mol. The molecule has 0 atom stereocenters. The van der Waals surface area contributed by atoms with E-state index in [1.807, 2.05) is 50.3 Å². The molecule has 0 bridgehead atoms. The summed E-state index contributed by atoms with van der Waals surface area (Å²) in [5.74, 6) is 2.44. The summed E-state index contributed by atoms with van der Waals surface area (Å²) in [5.41, 5.74) is 2.34. The lowest BCUT2D eigenvalue weighted by Crippen LogP contribution is -2.07. The van der Waals surface area contributed by atoms with Gasteiger partial charge in [-0.15, -0.1) is 0 Å². The van der Waals surface area contributed by atoms with Crippen LogP contribution in [0, 0.1) is 0 Å². The minimum Gasteiger partial charge on any atom is -0.462 e. The van der Waals surface area contributed by atoms with Crippen LogP contribution in [0.3, 0.4) is 0 Å². The van der Waals surface area contributed by atoms with Crippen molar-refractivity contribution in [1.29, 1.82) is 0 Å². The Labute approximate surface area is 114 Å². The van der Waals surface area contributed by atoms with E-state index in [2.05, 4.69) is 10.9 Å². The molecular formula is C16H19NO2. The molecule has 0 heterocycles. The van der Waals surface area contributed by atoms with Crippen LogP contribution in [0.15, 0.2) is 52.5 Å². The molecule has 100 valence electrons. The lowest BCUT2D eigenvalue weighted by molar-refractivity contribution is -0.138. The van der Waals surface area contributed by atoms with Gasteiger partial charge < -0.3 is 4.74 Å². The Kier molecular flexibility index (Phi) is 6.34.